The van der Waals surface area contributed by atoms with Crippen molar-refractivity contribution in [3.63, 3.8) is 0 Å². The summed E-state index contributed by atoms with van der Waals surface area (Å²) in [6, 6.07) is 10.1. The number of aryl methyl sites for hydroxylation is 1. The first-order valence-electron chi connectivity index (χ1n) is 9.09. The summed E-state index contributed by atoms with van der Waals surface area (Å²) in [7, 11) is 2.00. The van der Waals surface area contributed by atoms with Crippen LogP contribution in [0.3, 0.4) is 0 Å². The number of nitrogens with zero attached hydrogens (tertiary/aromatic N) is 3. The van der Waals surface area contributed by atoms with Gasteiger partial charge in [0.25, 0.3) is 0 Å². The van der Waals surface area contributed by atoms with Crippen molar-refractivity contribution in [2.45, 2.75) is 44.0 Å². The first kappa shape index (κ1) is 21.7. The fourth-order valence-electron chi connectivity index (χ4n) is 2.95. The van der Waals surface area contributed by atoms with E-state index in [1.54, 1.807) is 0 Å². The van der Waals surface area contributed by atoms with E-state index in [1.807, 2.05) is 65.8 Å². The minimum atomic E-state index is 0. The van der Waals surface area contributed by atoms with Crippen molar-refractivity contribution < 1.29 is 25.7 Å². The molecule has 6 nitrogen and oxygen atoms in total. The number of aromatic nitrogens is 2. The van der Waals surface area contributed by atoms with Crippen LogP contribution >= 0.6 is 12.0 Å². The average molecular weight is 454 g/mol. The molecule has 1 aliphatic rings. The molecule has 148 valence electrons. The van der Waals surface area contributed by atoms with E-state index in [4.69, 9.17) is 4.18 Å². The number of benzene rings is 1. The Labute approximate surface area is 176 Å². The van der Waals surface area contributed by atoms with Crippen LogP contribution in [0.1, 0.15) is 32.1 Å². The number of imidazole rings is 1. The van der Waals surface area contributed by atoms with Crippen molar-refractivity contribution in [3.05, 3.63) is 61.5 Å². The van der Waals surface area contributed by atoms with Crippen LogP contribution in [0.15, 0.2) is 61.5 Å². The van der Waals surface area contributed by atoms with Crippen LogP contribution < -0.4 is 37.5 Å². The highest BCUT2D eigenvalue weighted by molar-refractivity contribution is 7.95. The van der Waals surface area contributed by atoms with Gasteiger partial charge in [0, 0.05) is 5.25 Å². The Morgan fingerprint density at radius 2 is 2.04 bits per heavy atom. The molecule has 1 heterocycles. The van der Waals surface area contributed by atoms with Gasteiger partial charge in [-0.15, -0.1) is 0 Å². The van der Waals surface area contributed by atoms with Gasteiger partial charge in [0.1, 0.15) is 12.4 Å². The maximum Gasteiger partial charge on any atom is 0.244 e. The molecule has 1 saturated carbocycles. The van der Waals surface area contributed by atoms with Crippen LogP contribution in [0, 0.1) is 0 Å². The van der Waals surface area contributed by atoms with E-state index in [0.29, 0.717) is 17.8 Å². The summed E-state index contributed by atoms with van der Waals surface area (Å²) >= 11 is 1.54. The molecule has 0 amide bonds. The van der Waals surface area contributed by atoms with Gasteiger partial charge in [-0.3, -0.25) is 5.43 Å². The highest BCUT2D eigenvalue weighted by Gasteiger charge is 2.16. The Morgan fingerprint density at radius 3 is 2.70 bits per heavy atom. The lowest BCUT2D eigenvalue weighted by atomic mass is 10.0. The van der Waals surface area contributed by atoms with E-state index in [0.717, 1.165) is 5.69 Å². The van der Waals surface area contributed by atoms with Crippen LogP contribution in [-0.2, 0) is 17.9 Å². The Hall–Kier alpha value is -1.64. The summed E-state index contributed by atoms with van der Waals surface area (Å²) in [5.74, 6) is 0.523. The van der Waals surface area contributed by atoms with Crippen molar-refractivity contribution in [3.8, 4) is 0 Å². The number of nitrogens with one attached hydrogen (secondary N) is 2. The molecule has 0 radical (unpaired) electrons. The Balaban J connectivity index is 0.00000261. The molecular weight excluding hydrogens is 426 g/mol. The summed E-state index contributed by atoms with van der Waals surface area (Å²) < 4.78 is 9.87. The van der Waals surface area contributed by atoms with E-state index in [1.165, 1.54) is 44.1 Å². The Kier molecular flexibility index (Phi) is 9.03. The van der Waals surface area contributed by atoms with Crippen molar-refractivity contribution in [2.75, 3.05) is 5.12 Å². The lowest BCUT2D eigenvalue weighted by Crippen LogP contribution is -3.00. The Morgan fingerprint density at radius 1 is 1.30 bits per heavy atom. The third-order valence-electron chi connectivity index (χ3n) is 4.32. The lowest BCUT2D eigenvalue weighted by molar-refractivity contribution is -0.671. The molecule has 0 saturated heterocycles. The third-order valence-corrected chi connectivity index (χ3v) is 5.36. The third kappa shape index (κ3) is 7.12. The van der Waals surface area contributed by atoms with E-state index < -0.39 is 0 Å². The SMILES string of the molecule is C=C(NN(NCn1cc[n+](C)c1)c1ccccc1)OSC1CCCCC1.[Br-]. The second-order valence-electron chi connectivity index (χ2n) is 6.56. The number of rotatable bonds is 9. The van der Waals surface area contributed by atoms with Crippen molar-refractivity contribution in [2.24, 2.45) is 7.05 Å². The van der Waals surface area contributed by atoms with Gasteiger partial charge in [0.05, 0.1) is 24.8 Å². The number of hydrogen-bond donors (Lipinski definition) is 2. The van der Waals surface area contributed by atoms with E-state index in [-0.39, 0.29) is 17.0 Å². The second kappa shape index (κ2) is 11.3. The molecule has 1 aromatic carbocycles. The smallest absolute Gasteiger partial charge is 0.244 e. The first-order valence-corrected chi connectivity index (χ1v) is 9.90. The van der Waals surface area contributed by atoms with Gasteiger partial charge in [-0.1, -0.05) is 37.5 Å². The molecule has 3 rings (SSSR count). The zero-order valence-corrected chi connectivity index (χ0v) is 18.1. The molecule has 0 bridgehead atoms. The van der Waals surface area contributed by atoms with E-state index in [9.17, 15) is 0 Å². The van der Waals surface area contributed by atoms with Crippen LogP contribution in [-0.4, -0.2) is 9.82 Å². The van der Waals surface area contributed by atoms with Crippen molar-refractivity contribution in [1.29, 1.82) is 0 Å². The molecular formula is C19H28BrN5OS. The molecule has 1 fully saturated rings. The van der Waals surface area contributed by atoms with Crippen molar-refractivity contribution >= 4 is 17.7 Å². The molecule has 0 unspecified atom stereocenters. The van der Waals surface area contributed by atoms with Gasteiger partial charge in [-0.05, 0) is 31.6 Å². The highest BCUT2D eigenvalue weighted by Crippen LogP contribution is 2.29. The van der Waals surface area contributed by atoms with Crippen LogP contribution in [0.25, 0.3) is 0 Å². The summed E-state index contributed by atoms with van der Waals surface area (Å²) in [5, 5.41) is 2.41. The topological polar surface area (TPSA) is 45.3 Å². The number of hydrogen-bond acceptors (Lipinski definition) is 5. The first-order chi connectivity index (χ1) is 12.7. The molecule has 27 heavy (non-hydrogen) atoms. The summed E-state index contributed by atoms with van der Waals surface area (Å²) in [5.41, 5.74) is 7.55. The molecule has 2 N–H and O–H groups in total. The summed E-state index contributed by atoms with van der Waals surface area (Å²) in [6.07, 6.45) is 12.4. The Bertz CT molecular complexity index is 690. The molecule has 8 heteroatoms. The van der Waals surface area contributed by atoms with Crippen LogP contribution in [0.4, 0.5) is 5.69 Å². The fraction of sp³-hybridized carbons (Fsp3) is 0.421. The zero-order valence-electron chi connectivity index (χ0n) is 15.7. The minimum absolute atomic E-state index is 0. The number of hydrazine groups is 2. The molecule has 1 aromatic heterocycles. The predicted octanol–water partition coefficient (Wildman–Crippen LogP) is 0.259. The standard InChI is InChI=1S/C19H28N5OS.BrH/c1-17(25-26-19-11-7-4-8-12-19)21-24(18-9-5-3-6-10-18)20-15-23-14-13-22(2)16-23;/h3,5-6,9-10,13-14,16,19-21H,1,4,7-8,11-12,15H2,2H3;1H/q+1;/p-1. The van der Waals surface area contributed by atoms with Crippen LogP contribution in [0.2, 0.25) is 0 Å². The molecule has 2 aromatic rings. The predicted molar refractivity (Wildman–Crippen MR) is 105 cm³/mol. The number of anilines is 1. The molecule has 1 aliphatic carbocycles. The van der Waals surface area contributed by atoms with Gasteiger partial charge in [-0.25, -0.2) is 14.3 Å². The van der Waals surface area contributed by atoms with Gasteiger partial charge in [0.2, 0.25) is 12.2 Å². The molecule has 0 spiro atoms. The fourth-order valence-corrected chi connectivity index (χ4v) is 3.77. The highest BCUT2D eigenvalue weighted by atomic mass is 79.9. The largest absolute Gasteiger partial charge is 1.00 e. The second-order valence-corrected chi connectivity index (χ2v) is 7.58. The maximum absolute atomic E-state index is 5.81. The quantitative estimate of drug-likeness (QED) is 0.246. The normalized spacial score (nSPS) is 14.3. The van der Waals surface area contributed by atoms with Gasteiger partial charge in [0.15, 0.2) is 6.67 Å². The molecule has 0 aliphatic heterocycles. The van der Waals surface area contributed by atoms with E-state index in [2.05, 4.69) is 22.0 Å². The van der Waals surface area contributed by atoms with Gasteiger partial charge < -0.3 is 21.2 Å². The van der Waals surface area contributed by atoms with E-state index >= 15 is 0 Å². The van der Waals surface area contributed by atoms with Gasteiger partial charge in [-0.2, -0.15) is 5.43 Å². The summed E-state index contributed by atoms with van der Waals surface area (Å²) in [4.78, 5) is 0. The maximum atomic E-state index is 5.81. The average Bonchev–Trinajstić information content (AvgIpc) is 3.10. The lowest BCUT2D eigenvalue weighted by Gasteiger charge is -2.27. The summed E-state index contributed by atoms with van der Waals surface area (Å²) in [6.45, 7) is 4.63. The van der Waals surface area contributed by atoms with Gasteiger partial charge >= 0.3 is 0 Å². The van der Waals surface area contributed by atoms with Crippen molar-refractivity contribution in [1.82, 2.24) is 15.4 Å². The molecule has 0 atom stereocenters. The number of halogens is 1. The van der Waals surface area contributed by atoms with Crippen LogP contribution in [0.5, 0.6) is 0 Å². The monoisotopic (exact) mass is 453 g/mol. The zero-order chi connectivity index (χ0) is 18.2. The minimum Gasteiger partial charge on any atom is -1.00 e. The number of para-hydroxylation sites is 1.